The molecule has 5 nitrogen and oxygen atoms in total. The molecule has 1 aromatic carbocycles. The molecule has 150 valence electrons. The van der Waals surface area contributed by atoms with Crippen molar-refractivity contribution in [2.24, 2.45) is 0 Å². The van der Waals surface area contributed by atoms with Crippen molar-refractivity contribution < 1.29 is 23.5 Å². The number of hydrogen-bond acceptors (Lipinski definition) is 5. The Morgan fingerprint density at radius 3 is 2.50 bits per heavy atom. The number of alkyl halides is 1. The van der Waals surface area contributed by atoms with E-state index in [-0.39, 0.29) is 33.0 Å². The molecule has 1 saturated carbocycles. The summed E-state index contributed by atoms with van der Waals surface area (Å²) in [5.41, 5.74) is 0.979. The Labute approximate surface area is 172 Å². The fraction of sp³-hybridized carbons (Fsp3) is 0.400. The number of nitrogens with one attached hydrogen (secondary N) is 1. The molecular formula is C20H20Cl2FNO4. The van der Waals surface area contributed by atoms with Crippen LogP contribution in [0.15, 0.2) is 40.7 Å². The van der Waals surface area contributed by atoms with Crippen molar-refractivity contribution in [2.45, 2.75) is 38.2 Å². The molecule has 0 aromatic heterocycles. The molecule has 1 heterocycles. The first kappa shape index (κ1) is 20.7. The second-order valence-electron chi connectivity index (χ2n) is 6.72. The summed E-state index contributed by atoms with van der Waals surface area (Å²) in [6, 6.07) is 4.89. The summed E-state index contributed by atoms with van der Waals surface area (Å²) >= 11 is 12.6. The van der Waals surface area contributed by atoms with Gasteiger partial charge in [-0.2, -0.15) is 0 Å². The number of halogens is 3. The minimum absolute atomic E-state index is 0.0191. The van der Waals surface area contributed by atoms with Crippen LogP contribution in [0.25, 0.3) is 0 Å². The summed E-state index contributed by atoms with van der Waals surface area (Å²) in [5, 5.41) is 3.25. The van der Waals surface area contributed by atoms with Gasteiger partial charge < -0.3 is 14.8 Å². The average Bonchev–Trinajstić information content (AvgIpc) is 2.65. The van der Waals surface area contributed by atoms with E-state index >= 15 is 0 Å². The van der Waals surface area contributed by atoms with Gasteiger partial charge in [-0.05, 0) is 37.8 Å². The first-order valence-corrected chi connectivity index (χ1v) is 9.64. The zero-order valence-corrected chi connectivity index (χ0v) is 17.0. The molecule has 1 fully saturated rings. The predicted molar refractivity (Wildman–Crippen MR) is 104 cm³/mol. The second kappa shape index (κ2) is 8.53. The lowest BCUT2D eigenvalue weighted by molar-refractivity contribution is -0.148. The first-order valence-electron chi connectivity index (χ1n) is 8.89. The van der Waals surface area contributed by atoms with E-state index in [2.05, 4.69) is 5.32 Å². The van der Waals surface area contributed by atoms with Gasteiger partial charge in [0.2, 0.25) is 0 Å². The Hall–Kier alpha value is -2.05. The van der Waals surface area contributed by atoms with Crippen LogP contribution in [0.5, 0.6) is 0 Å². The van der Waals surface area contributed by atoms with Gasteiger partial charge in [-0.1, -0.05) is 35.3 Å². The minimum atomic E-state index is -0.960. The lowest BCUT2D eigenvalue weighted by Crippen LogP contribution is -2.35. The van der Waals surface area contributed by atoms with Gasteiger partial charge in [-0.15, -0.1) is 0 Å². The number of hydrogen-bond donors (Lipinski definition) is 1. The van der Waals surface area contributed by atoms with Gasteiger partial charge >= 0.3 is 11.9 Å². The zero-order chi connectivity index (χ0) is 20.4. The van der Waals surface area contributed by atoms with Crippen LogP contribution in [-0.2, 0) is 19.1 Å². The fourth-order valence-electron chi connectivity index (χ4n) is 3.38. The maximum atomic E-state index is 13.7. The Morgan fingerprint density at radius 1 is 1.21 bits per heavy atom. The van der Waals surface area contributed by atoms with Gasteiger partial charge in [-0.25, -0.2) is 14.0 Å². The Balaban J connectivity index is 2.16. The highest BCUT2D eigenvalue weighted by molar-refractivity contribution is 6.42. The van der Waals surface area contributed by atoms with E-state index in [1.165, 1.54) is 7.11 Å². The van der Waals surface area contributed by atoms with Gasteiger partial charge in [0.05, 0.1) is 39.9 Å². The summed E-state index contributed by atoms with van der Waals surface area (Å²) in [4.78, 5) is 25.5. The number of esters is 2. The van der Waals surface area contributed by atoms with Crippen LogP contribution in [0.3, 0.4) is 0 Å². The summed E-state index contributed by atoms with van der Waals surface area (Å²) < 4.78 is 24.2. The smallest absolute Gasteiger partial charge is 0.337 e. The molecular weight excluding hydrogens is 408 g/mol. The normalized spacial score (nSPS) is 19.8. The van der Waals surface area contributed by atoms with Crippen molar-refractivity contribution in [3.63, 3.8) is 0 Å². The van der Waals surface area contributed by atoms with Crippen molar-refractivity contribution in [3.05, 3.63) is 56.3 Å². The molecule has 0 saturated heterocycles. The van der Waals surface area contributed by atoms with E-state index < -0.39 is 24.5 Å². The number of allylic oxidation sites excluding steroid dienone is 2. The predicted octanol–water partition coefficient (Wildman–Crippen LogP) is 4.45. The molecule has 0 bridgehead atoms. The number of carbonyl (C=O) groups is 2. The van der Waals surface area contributed by atoms with Gasteiger partial charge in [0, 0.05) is 5.70 Å². The standard InChI is InChI=1S/C20H20Cl2FNO4/c1-10-15(20(26)28-11-5-3-6-11)16(12-7-4-8-13(21)18(12)22)17(19(25)27-2)14(9-23)24-10/h4,7-8,11,16,24H,3,5-6,9H2,1-2H3. The van der Waals surface area contributed by atoms with Gasteiger partial charge in [0.1, 0.15) is 12.8 Å². The van der Waals surface area contributed by atoms with Crippen LogP contribution < -0.4 is 5.32 Å². The molecule has 0 radical (unpaired) electrons. The van der Waals surface area contributed by atoms with Gasteiger partial charge in [0.15, 0.2) is 0 Å². The molecule has 0 spiro atoms. The van der Waals surface area contributed by atoms with Gasteiger partial charge in [0.25, 0.3) is 0 Å². The SMILES string of the molecule is COC(=O)C1=C(CF)NC(C)=C(C(=O)OC2CCC2)C1c1cccc(Cl)c1Cl. The molecule has 28 heavy (non-hydrogen) atoms. The molecule has 1 aliphatic heterocycles. The van der Waals surface area contributed by atoms with Crippen molar-refractivity contribution in [2.75, 3.05) is 13.8 Å². The molecule has 3 rings (SSSR count). The number of benzene rings is 1. The topological polar surface area (TPSA) is 64.6 Å². The van der Waals surface area contributed by atoms with Crippen LogP contribution >= 0.6 is 23.2 Å². The summed E-state index contributed by atoms with van der Waals surface area (Å²) in [7, 11) is 1.19. The number of ether oxygens (including phenoxy) is 2. The molecule has 1 N–H and O–H groups in total. The van der Waals surface area contributed by atoms with E-state index in [9.17, 15) is 14.0 Å². The molecule has 2 aliphatic rings. The molecule has 1 unspecified atom stereocenters. The maximum absolute atomic E-state index is 13.7. The quantitative estimate of drug-likeness (QED) is 0.703. The summed E-state index contributed by atoms with van der Waals surface area (Å²) in [6.45, 7) is 0.688. The number of methoxy groups -OCH3 is 1. The van der Waals surface area contributed by atoms with E-state index in [1.807, 2.05) is 0 Å². The minimum Gasteiger partial charge on any atom is -0.466 e. The highest BCUT2D eigenvalue weighted by Gasteiger charge is 2.40. The number of rotatable bonds is 5. The second-order valence-corrected chi connectivity index (χ2v) is 7.50. The third-order valence-electron chi connectivity index (χ3n) is 5.02. The third kappa shape index (κ3) is 3.76. The summed E-state index contributed by atoms with van der Waals surface area (Å²) in [5.74, 6) is -2.30. The lowest BCUT2D eigenvalue weighted by atomic mass is 9.80. The van der Waals surface area contributed by atoms with Gasteiger partial charge in [-0.3, -0.25) is 0 Å². The summed E-state index contributed by atoms with van der Waals surface area (Å²) in [6.07, 6.45) is 2.43. The maximum Gasteiger partial charge on any atom is 0.337 e. The molecule has 1 atom stereocenters. The van der Waals surface area contributed by atoms with Crippen LogP contribution in [0.4, 0.5) is 4.39 Å². The molecule has 8 heteroatoms. The largest absolute Gasteiger partial charge is 0.466 e. The van der Waals surface area contributed by atoms with Crippen molar-refractivity contribution in [1.29, 1.82) is 0 Å². The van der Waals surface area contributed by atoms with E-state index in [0.717, 1.165) is 19.3 Å². The zero-order valence-electron chi connectivity index (χ0n) is 15.5. The first-order chi connectivity index (χ1) is 13.4. The van der Waals surface area contributed by atoms with Crippen LogP contribution in [0.1, 0.15) is 37.7 Å². The number of carbonyl (C=O) groups excluding carboxylic acids is 2. The van der Waals surface area contributed by atoms with Crippen LogP contribution in [-0.4, -0.2) is 31.8 Å². The lowest BCUT2D eigenvalue weighted by Gasteiger charge is -2.33. The van der Waals surface area contributed by atoms with E-state index in [4.69, 9.17) is 32.7 Å². The average molecular weight is 428 g/mol. The third-order valence-corrected chi connectivity index (χ3v) is 5.86. The van der Waals surface area contributed by atoms with Crippen LogP contribution in [0.2, 0.25) is 10.0 Å². The molecule has 0 amide bonds. The highest BCUT2D eigenvalue weighted by Crippen LogP contribution is 2.44. The van der Waals surface area contributed by atoms with Crippen molar-refractivity contribution >= 4 is 35.1 Å². The Bertz CT molecular complexity index is 877. The van der Waals surface area contributed by atoms with E-state index in [0.29, 0.717) is 11.3 Å². The fourth-order valence-corrected chi connectivity index (χ4v) is 3.80. The van der Waals surface area contributed by atoms with Crippen molar-refractivity contribution in [3.8, 4) is 0 Å². The molecule has 1 aromatic rings. The Morgan fingerprint density at radius 2 is 1.93 bits per heavy atom. The highest BCUT2D eigenvalue weighted by atomic mass is 35.5. The Kier molecular flexibility index (Phi) is 6.30. The van der Waals surface area contributed by atoms with Crippen molar-refractivity contribution in [1.82, 2.24) is 5.32 Å². The monoisotopic (exact) mass is 427 g/mol. The van der Waals surface area contributed by atoms with E-state index in [1.54, 1.807) is 25.1 Å². The van der Waals surface area contributed by atoms with Crippen LogP contribution in [0, 0.1) is 0 Å². The molecule has 1 aliphatic carbocycles. The number of dihydropyridines is 1.